The third-order valence-electron chi connectivity index (χ3n) is 4.57. The number of fused-ring (bicyclic) bond motifs is 1. The molecule has 3 rings (SSSR count). The van der Waals surface area contributed by atoms with Gasteiger partial charge in [-0.3, -0.25) is 4.79 Å². The molecule has 0 radical (unpaired) electrons. The summed E-state index contributed by atoms with van der Waals surface area (Å²) < 4.78 is 5.81. The highest BCUT2D eigenvalue weighted by molar-refractivity contribution is 5.77. The van der Waals surface area contributed by atoms with Crippen LogP contribution in [0.25, 0.3) is 0 Å². The van der Waals surface area contributed by atoms with Crippen molar-refractivity contribution in [1.82, 2.24) is 10.6 Å². The fourth-order valence-corrected chi connectivity index (χ4v) is 3.32. The van der Waals surface area contributed by atoms with Gasteiger partial charge in [0.2, 0.25) is 5.91 Å². The van der Waals surface area contributed by atoms with E-state index in [4.69, 9.17) is 4.74 Å². The number of rotatable bonds is 3. The van der Waals surface area contributed by atoms with Gasteiger partial charge in [0.05, 0.1) is 19.1 Å². The lowest BCUT2D eigenvalue weighted by molar-refractivity contribution is -0.125. The zero-order chi connectivity index (χ0) is 14.7. The summed E-state index contributed by atoms with van der Waals surface area (Å²) in [7, 11) is 0. The molecule has 1 aromatic carbocycles. The van der Waals surface area contributed by atoms with Gasteiger partial charge in [-0.15, -0.1) is 0 Å². The molecule has 114 valence electrons. The van der Waals surface area contributed by atoms with E-state index in [1.807, 2.05) is 6.07 Å². The fraction of sp³-hybridized carbons (Fsp3) is 0.588. The number of benzene rings is 1. The van der Waals surface area contributed by atoms with Gasteiger partial charge in [0.25, 0.3) is 0 Å². The average molecular weight is 288 g/mol. The Bertz CT molecular complexity index is 503. The maximum absolute atomic E-state index is 12.3. The van der Waals surface area contributed by atoms with Crippen LogP contribution in [0, 0.1) is 0 Å². The summed E-state index contributed by atoms with van der Waals surface area (Å²) in [6.45, 7) is 3.89. The Hall–Kier alpha value is -1.39. The van der Waals surface area contributed by atoms with E-state index in [-0.39, 0.29) is 18.1 Å². The molecule has 21 heavy (non-hydrogen) atoms. The molecule has 0 bridgehead atoms. The highest BCUT2D eigenvalue weighted by Crippen LogP contribution is 2.29. The van der Waals surface area contributed by atoms with Crippen molar-refractivity contribution in [2.75, 3.05) is 13.2 Å². The van der Waals surface area contributed by atoms with Crippen molar-refractivity contribution in [3.63, 3.8) is 0 Å². The second-order valence-electron chi connectivity index (χ2n) is 6.07. The first-order chi connectivity index (χ1) is 10.2. The molecular weight excluding hydrogens is 264 g/mol. The van der Waals surface area contributed by atoms with Gasteiger partial charge in [-0.25, -0.2) is 0 Å². The Labute approximate surface area is 126 Å². The van der Waals surface area contributed by atoms with Crippen LogP contribution in [-0.2, 0) is 16.0 Å². The molecule has 0 aliphatic carbocycles. The summed E-state index contributed by atoms with van der Waals surface area (Å²) >= 11 is 0. The van der Waals surface area contributed by atoms with Crippen molar-refractivity contribution in [2.45, 2.75) is 50.8 Å². The summed E-state index contributed by atoms with van der Waals surface area (Å²) in [5.41, 5.74) is 2.49. The SMILES string of the molecule is CC1NCCCC1NC(=O)CC1OCCc2ccccc21. The van der Waals surface area contributed by atoms with Crippen LogP contribution in [-0.4, -0.2) is 31.1 Å². The maximum Gasteiger partial charge on any atom is 0.223 e. The van der Waals surface area contributed by atoms with Gasteiger partial charge in [-0.2, -0.15) is 0 Å². The molecule has 1 aromatic rings. The van der Waals surface area contributed by atoms with Gasteiger partial charge < -0.3 is 15.4 Å². The first-order valence-corrected chi connectivity index (χ1v) is 7.96. The van der Waals surface area contributed by atoms with Crippen molar-refractivity contribution in [3.8, 4) is 0 Å². The first-order valence-electron chi connectivity index (χ1n) is 7.96. The molecule has 2 aliphatic heterocycles. The third-order valence-corrected chi connectivity index (χ3v) is 4.57. The Balaban J connectivity index is 1.60. The molecule has 4 heteroatoms. The van der Waals surface area contributed by atoms with Gasteiger partial charge in [0, 0.05) is 12.1 Å². The zero-order valence-corrected chi connectivity index (χ0v) is 12.6. The van der Waals surface area contributed by atoms with Crippen LogP contribution < -0.4 is 10.6 Å². The van der Waals surface area contributed by atoms with Crippen LogP contribution in [0.2, 0.25) is 0 Å². The molecule has 2 heterocycles. The topological polar surface area (TPSA) is 50.4 Å². The number of carbonyl (C=O) groups is 1. The van der Waals surface area contributed by atoms with E-state index in [2.05, 4.69) is 35.8 Å². The minimum atomic E-state index is -0.0956. The Morgan fingerprint density at radius 2 is 2.29 bits per heavy atom. The number of ether oxygens (including phenoxy) is 1. The molecule has 2 N–H and O–H groups in total. The molecule has 0 spiro atoms. The monoisotopic (exact) mass is 288 g/mol. The highest BCUT2D eigenvalue weighted by Gasteiger charge is 2.26. The fourth-order valence-electron chi connectivity index (χ4n) is 3.32. The van der Waals surface area contributed by atoms with Gasteiger partial charge in [0.1, 0.15) is 0 Å². The summed E-state index contributed by atoms with van der Waals surface area (Å²) in [6, 6.07) is 8.88. The quantitative estimate of drug-likeness (QED) is 0.894. The van der Waals surface area contributed by atoms with E-state index in [9.17, 15) is 4.79 Å². The lowest BCUT2D eigenvalue weighted by Crippen LogP contribution is -2.52. The predicted octanol–water partition coefficient (Wildman–Crippen LogP) is 1.95. The van der Waals surface area contributed by atoms with Crippen LogP contribution in [0.3, 0.4) is 0 Å². The Morgan fingerprint density at radius 1 is 1.43 bits per heavy atom. The molecule has 3 atom stereocenters. The Kier molecular flexibility index (Phi) is 4.56. The van der Waals surface area contributed by atoms with Crippen LogP contribution in [0.5, 0.6) is 0 Å². The van der Waals surface area contributed by atoms with E-state index in [0.29, 0.717) is 19.1 Å². The summed E-state index contributed by atoms with van der Waals surface area (Å²) in [6.07, 6.45) is 3.44. The highest BCUT2D eigenvalue weighted by atomic mass is 16.5. The normalized spacial score (nSPS) is 28.7. The van der Waals surface area contributed by atoms with Crippen molar-refractivity contribution in [1.29, 1.82) is 0 Å². The molecule has 1 fully saturated rings. The second-order valence-corrected chi connectivity index (χ2v) is 6.07. The van der Waals surface area contributed by atoms with E-state index in [1.54, 1.807) is 0 Å². The van der Waals surface area contributed by atoms with Crippen molar-refractivity contribution >= 4 is 5.91 Å². The molecule has 1 saturated heterocycles. The summed E-state index contributed by atoms with van der Waals surface area (Å²) in [5.74, 6) is 0.0947. The third kappa shape index (κ3) is 3.44. The summed E-state index contributed by atoms with van der Waals surface area (Å²) in [4.78, 5) is 12.3. The van der Waals surface area contributed by atoms with E-state index >= 15 is 0 Å². The van der Waals surface area contributed by atoms with E-state index in [1.165, 1.54) is 11.1 Å². The molecule has 1 amide bonds. The average Bonchev–Trinajstić information content (AvgIpc) is 2.50. The number of carbonyl (C=O) groups excluding carboxylic acids is 1. The molecular formula is C17H24N2O2. The molecule has 0 saturated carbocycles. The zero-order valence-electron chi connectivity index (χ0n) is 12.6. The molecule has 3 unspecified atom stereocenters. The smallest absolute Gasteiger partial charge is 0.223 e. The molecule has 2 aliphatic rings. The van der Waals surface area contributed by atoms with Gasteiger partial charge >= 0.3 is 0 Å². The number of nitrogens with one attached hydrogen (secondary N) is 2. The van der Waals surface area contributed by atoms with E-state index < -0.39 is 0 Å². The minimum absolute atomic E-state index is 0.0947. The van der Waals surface area contributed by atoms with Crippen molar-refractivity contribution in [3.05, 3.63) is 35.4 Å². The van der Waals surface area contributed by atoms with Crippen molar-refractivity contribution < 1.29 is 9.53 Å². The lowest BCUT2D eigenvalue weighted by atomic mass is 9.95. The number of amides is 1. The number of piperidine rings is 1. The van der Waals surface area contributed by atoms with E-state index in [0.717, 1.165) is 25.8 Å². The largest absolute Gasteiger partial charge is 0.373 e. The Morgan fingerprint density at radius 3 is 3.14 bits per heavy atom. The van der Waals surface area contributed by atoms with Crippen LogP contribution in [0.4, 0.5) is 0 Å². The van der Waals surface area contributed by atoms with Gasteiger partial charge in [-0.1, -0.05) is 24.3 Å². The van der Waals surface area contributed by atoms with Gasteiger partial charge in [0.15, 0.2) is 0 Å². The van der Waals surface area contributed by atoms with Crippen LogP contribution in [0.15, 0.2) is 24.3 Å². The maximum atomic E-state index is 12.3. The van der Waals surface area contributed by atoms with Crippen LogP contribution in [0.1, 0.15) is 43.4 Å². The second kappa shape index (κ2) is 6.58. The summed E-state index contributed by atoms with van der Waals surface area (Å²) in [5, 5.41) is 6.58. The predicted molar refractivity (Wildman–Crippen MR) is 82.1 cm³/mol. The molecule has 0 aromatic heterocycles. The van der Waals surface area contributed by atoms with Crippen LogP contribution >= 0.6 is 0 Å². The first kappa shape index (κ1) is 14.5. The minimum Gasteiger partial charge on any atom is -0.373 e. The standard InChI is InChI=1S/C17H24N2O2/c1-12-15(7-4-9-18-12)19-17(20)11-16-14-6-3-2-5-13(14)8-10-21-16/h2-3,5-6,12,15-16,18H,4,7-11H2,1H3,(H,19,20). The van der Waals surface area contributed by atoms with Gasteiger partial charge in [-0.05, 0) is 43.9 Å². The van der Waals surface area contributed by atoms with Crippen molar-refractivity contribution in [2.24, 2.45) is 0 Å². The number of hydrogen-bond acceptors (Lipinski definition) is 3. The lowest BCUT2D eigenvalue weighted by Gasteiger charge is -2.31. The number of hydrogen-bond donors (Lipinski definition) is 2. The molecule has 4 nitrogen and oxygen atoms in total.